The summed E-state index contributed by atoms with van der Waals surface area (Å²) >= 11 is 12.4. The van der Waals surface area contributed by atoms with E-state index in [0.29, 0.717) is 18.2 Å². The number of rotatable bonds is 9. The number of ether oxygens (including phenoxy) is 3. The van der Waals surface area contributed by atoms with E-state index in [1.807, 2.05) is 48.5 Å². The van der Waals surface area contributed by atoms with Gasteiger partial charge in [0.2, 0.25) is 0 Å². The molecule has 0 radical (unpaired) electrons. The number of aromatic nitrogens is 2. The number of halogens is 2. The van der Waals surface area contributed by atoms with Crippen molar-refractivity contribution in [3.8, 4) is 0 Å². The molecule has 8 nitrogen and oxygen atoms in total. The highest BCUT2D eigenvalue weighted by molar-refractivity contribution is 6.40. The lowest BCUT2D eigenvalue weighted by Gasteiger charge is -2.41. The maximum atomic E-state index is 11.7. The quantitative estimate of drug-likeness (QED) is 0.340. The van der Waals surface area contributed by atoms with Crippen LogP contribution in [0.5, 0.6) is 0 Å². The van der Waals surface area contributed by atoms with Gasteiger partial charge in [0, 0.05) is 18.0 Å². The van der Waals surface area contributed by atoms with Crippen LogP contribution in [0.1, 0.15) is 41.6 Å². The zero-order valence-electron chi connectivity index (χ0n) is 20.3. The van der Waals surface area contributed by atoms with E-state index in [2.05, 4.69) is 23.8 Å². The van der Waals surface area contributed by atoms with E-state index in [0.717, 1.165) is 22.3 Å². The predicted molar refractivity (Wildman–Crippen MR) is 140 cm³/mol. The van der Waals surface area contributed by atoms with E-state index in [-0.39, 0.29) is 36.5 Å². The number of aliphatic hydroxyl groups is 1. The molecule has 0 aliphatic carbocycles. The van der Waals surface area contributed by atoms with Crippen LogP contribution in [-0.4, -0.2) is 33.5 Å². The number of hydrogen-bond donors (Lipinski definition) is 2. The Morgan fingerprint density at radius 3 is 2.43 bits per heavy atom. The minimum Gasteiger partial charge on any atom is -0.445 e. The first-order valence-electron chi connectivity index (χ1n) is 11.9. The van der Waals surface area contributed by atoms with Crippen LogP contribution < -0.4 is 5.32 Å². The molecule has 196 valence electrons. The molecule has 1 saturated heterocycles. The number of benzene rings is 2. The van der Waals surface area contributed by atoms with Gasteiger partial charge in [-0.05, 0) is 16.7 Å². The van der Waals surface area contributed by atoms with Gasteiger partial charge in [-0.3, -0.25) is 0 Å². The third-order valence-electron chi connectivity index (χ3n) is 6.25. The number of hydrogen-bond acceptors (Lipinski definition) is 6. The molecule has 4 rings (SSSR count). The molecule has 0 unspecified atom stereocenters. The van der Waals surface area contributed by atoms with E-state index >= 15 is 0 Å². The molecule has 0 spiro atoms. The first-order valence-corrected chi connectivity index (χ1v) is 12.6. The molecule has 1 aliphatic rings. The van der Waals surface area contributed by atoms with Gasteiger partial charge < -0.3 is 29.2 Å². The number of amides is 1. The molecular formula is C27H29Cl2N3O5. The van der Waals surface area contributed by atoms with Crippen molar-refractivity contribution in [1.82, 2.24) is 14.9 Å². The van der Waals surface area contributed by atoms with E-state index in [9.17, 15) is 9.90 Å². The first-order chi connectivity index (χ1) is 17.9. The molecule has 1 fully saturated rings. The summed E-state index contributed by atoms with van der Waals surface area (Å²) in [5.41, 5.74) is 3.54. The summed E-state index contributed by atoms with van der Waals surface area (Å²) in [6.07, 6.45) is 1.43. The third kappa shape index (κ3) is 6.71. The zero-order chi connectivity index (χ0) is 26.4. The molecule has 2 N–H and O–H groups in total. The van der Waals surface area contributed by atoms with E-state index in [1.54, 1.807) is 10.9 Å². The molecule has 10 heteroatoms. The van der Waals surface area contributed by atoms with Crippen molar-refractivity contribution < 1.29 is 24.1 Å². The molecule has 1 aliphatic heterocycles. The van der Waals surface area contributed by atoms with Crippen LogP contribution >= 0.6 is 23.2 Å². The Hall–Kier alpha value is -2.88. The van der Waals surface area contributed by atoms with Gasteiger partial charge in [0.1, 0.15) is 11.8 Å². The van der Waals surface area contributed by atoms with E-state index < -0.39 is 12.4 Å². The second-order valence-corrected chi connectivity index (χ2v) is 9.50. The minimum atomic E-state index is -0.638. The smallest absolute Gasteiger partial charge is 0.407 e. The summed E-state index contributed by atoms with van der Waals surface area (Å²) in [4.78, 5) is 15.8. The van der Waals surface area contributed by atoms with Crippen molar-refractivity contribution in [1.29, 1.82) is 0 Å². The number of carbonyl (C=O) groups is 1. The van der Waals surface area contributed by atoms with Crippen LogP contribution in [-0.2, 0) is 33.9 Å². The number of carbonyl (C=O) groups excluding carboxylic acids is 1. The van der Waals surface area contributed by atoms with Crippen LogP contribution in [0.15, 0.2) is 67.5 Å². The zero-order valence-corrected chi connectivity index (χ0v) is 21.9. The van der Waals surface area contributed by atoms with Crippen LogP contribution in [0.3, 0.4) is 0 Å². The minimum absolute atomic E-state index is 0.0250. The SMILES string of the molecule is C=CCOC(=O)NCc1ccc([C@H]2O[C@@H](Cn3cnc(Cl)c3Cl)[C@@H](C)[C@@H](c3ccc(CO)cc3)O2)cc1. The lowest BCUT2D eigenvalue weighted by atomic mass is 9.90. The number of nitrogens with one attached hydrogen (secondary N) is 1. The summed E-state index contributed by atoms with van der Waals surface area (Å²) in [5.74, 6) is -0.0291. The molecule has 2 aromatic carbocycles. The van der Waals surface area contributed by atoms with Crippen molar-refractivity contribution in [2.45, 2.75) is 45.1 Å². The second kappa shape index (κ2) is 12.6. The summed E-state index contributed by atoms with van der Waals surface area (Å²) < 4.78 is 19.6. The molecule has 0 bridgehead atoms. The Kier molecular flexibility index (Phi) is 9.23. The molecule has 4 atom stereocenters. The van der Waals surface area contributed by atoms with Gasteiger partial charge in [-0.2, -0.15) is 0 Å². The van der Waals surface area contributed by atoms with Gasteiger partial charge in [-0.15, -0.1) is 0 Å². The summed E-state index contributed by atoms with van der Waals surface area (Å²) in [6.45, 7) is 6.48. The van der Waals surface area contributed by atoms with Crippen molar-refractivity contribution in [2.75, 3.05) is 6.61 Å². The number of imidazole rings is 1. The summed E-state index contributed by atoms with van der Waals surface area (Å²) in [7, 11) is 0. The molecule has 0 saturated carbocycles. The van der Waals surface area contributed by atoms with Gasteiger partial charge in [-0.1, -0.05) is 91.3 Å². The van der Waals surface area contributed by atoms with Gasteiger partial charge in [0.25, 0.3) is 0 Å². The molecule has 37 heavy (non-hydrogen) atoms. The van der Waals surface area contributed by atoms with Crippen molar-refractivity contribution in [3.05, 3.63) is 100 Å². The number of nitrogens with zero attached hydrogens (tertiary/aromatic N) is 2. The maximum Gasteiger partial charge on any atom is 0.407 e. The van der Waals surface area contributed by atoms with E-state index in [4.69, 9.17) is 37.4 Å². The fourth-order valence-electron chi connectivity index (χ4n) is 4.14. The van der Waals surface area contributed by atoms with Crippen molar-refractivity contribution >= 4 is 29.3 Å². The average Bonchev–Trinajstić information content (AvgIpc) is 3.24. The Bertz CT molecular complexity index is 1200. The van der Waals surface area contributed by atoms with Crippen molar-refractivity contribution in [3.63, 3.8) is 0 Å². The van der Waals surface area contributed by atoms with Crippen molar-refractivity contribution in [2.24, 2.45) is 5.92 Å². The van der Waals surface area contributed by atoms with Gasteiger partial charge in [-0.25, -0.2) is 9.78 Å². The highest BCUT2D eigenvalue weighted by Gasteiger charge is 2.38. The monoisotopic (exact) mass is 545 g/mol. The average molecular weight is 546 g/mol. The normalized spacial score (nSPS) is 21.4. The predicted octanol–water partition coefficient (Wildman–Crippen LogP) is 5.59. The fourth-order valence-corrected chi connectivity index (χ4v) is 4.46. The molecule has 1 aromatic heterocycles. The molecule has 3 aromatic rings. The largest absolute Gasteiger partial charge is 0.445 e. The molecular weight excluding hydrogens is 517 g/mol. The number of alkyl carbamates (subject to hydrolysis) is 1. The summed E-state index contributed by atoms with van der Waals surface area (Å²) in [6, 6.07) is 15.3. The van der Waals surface area contributed by atoms with Crippen LogP contribution in [0, 0.1) is 5.92 Å². The highest BCUT2D eigenvalue weighted by atomic mass is 35.5. The van der Waals surface area contributed by atoms with Crippen LogP contribution in [0.25, 0.3) is 0 Å². The Morgan fingerprint density at radius 2 is 1.81 bits per heavy atom. The lowest BCUT2D eigenvalue weighted by Crippen LogP contribution is -2.39. The Labute approximate surface area is 225 Å². The maximum absolute atomic E-state index is 11.7. The summed E-state index contributed by atoms with van der Waals surface area (Å²) in [5, 5.41) is 12.7. The Balaban J connectivity index is 1.53. The third-order valence-corrected chi connectivity index (χ3v) is 7.02. The van der Waals surface area contributed by atoms with Gasteiger partial charge in [0.05, 0.1) is 31.7 Å². The standard InChI is InChI=1S/C27H29Cl2N3O5/c1-3-12-35-27(34)30-13-18-4-10-21(11-5-18)26-36-22(14-32-16-31-24(28)25(32)29)17(2)23(37-26)20-8-6-19(15-33)7-9-20/h3-11,16-17,22-23,26,33H,1,12-15H2,2H3,(H,30,34)/t17-,22+,23+,26+/m1/s1. The van der Waals surface area contributed by atoms with Gasteiger partial charge in [0.15, 0.2) is 11.4 Å². The first kappa shape index (κ1) is 27.2. The van der Waals surface area contributed by atoms with E-state index in [1.165, 1.54) is 6.08 Å². The van der Waals surface area contributed by atoms with Gasteiger partial charge >= 0.3 is 6.09 Å². The Morgan fingerprint density at radius 1 is 1.14 bits per heavy atom. The molecule has 2 heterocycles. The molecule has 1 amide bonds. The lowest BCUT2D eigenvalue weighted by molar-refractivity contribution is -0.276. The fraction of sp³-hybridized carbons (Fsp3) is 0.333. The second-order valence-electron chi connectivity index (χ2n) is 8.78. The topological polar surface area (TPSA) is 94.8 Å². The van der Waals surface area contributed by atoms with Crippen LogP contribution in [0.2, 0.25) is 10.3 Å². The van der Waals surface area contributed by atoms with Crippen LogP contribution in [0.4, 0.5) is 4.79 Å². The number of aliphatic hydroxyl groups excluding tert-OH is 1. The highest BCUT2D eigenvalue weighted by Crippen LogP contribution is 2.42.